The molecule has 0 radical (unpaired) electrons. The van der Waals surface area contributed by atoms with Gasteiger partial charge in [0.05, 0.1) is 18.2 Å². The Labute approximate surface area is 114 Å². The van der Waals surface area contributed by atoms with Gasteiger partial charge >= 0.3 is 0 Å². The average molecular weight is 260 g/mol. The zero-order valence-electron chi connectivity index (χ0n) is 11.4. The Morgan fingerprint density at radius 2 is 2.00 bits per heavy atom. The molecule has 0 spiro atoms. The van der Waals surface area contributed by atoms with Crippen molar-refractivity contribution in [1.82, 2.24) is 10.2 Å². The Balaban J connectivity index is 2.22. The molecule has 0 bridgehead atoms. The van der Waals surface area contributed by atoms with Crippen molar-refractivity contribution in [3.8, 4) is 6.07 Å². The highest BCUT2D eigenvalue weighted by atomic mass is 16.1. The number of anilines is 1. The number of carbonyl (C=O) groups is 1. The fourth-order valence-electron chi connectivity index (χ4n) is 1.56. The average Bonchev–Trinajstić information content (AvgIpc) is 2.39. The third-order valence-electron chi connectivity index (χ3n) is 2.54. The molecule has 0 saturated heterocycles. The van der Waals surface area contributed by atoms with Crippen molar-refractivity contribution in [1.29, 1.82) is 5.26 Å². The number of nitrogens with one attached hydrogen (secondary N) is 2. The van der Waals surface area contributed by atoms with E-state index < -0.39 is 0 Å². The predicted molar refractivity (Wildman–Crippen MR) is 75.8 cm³/mol. The summed E-state index contributed by atoms with van der Waals surface area (Å²) in [5.41, 5.74) is 1.29. The topological polar surface area (TPSA) is 68.2 Å². The van der Waals surface area contributed by atoms with Crippen molar-refractivity contribution in [2.24, 2.45) is 0 Å². The van der Waals surface area contributed by atoms with Crippen LogP contribution in [0.1, 0.15) is 12.0 Å². The van der Waals surface area contributed by atoms with E-state index in [0.717, 1.165) is 19.5 Å². The first kappa shape index (κ1) is 15.2. The fraction of sp³-hybridized carbons (Fsp3) is 0.429. The van der Waals surface area contributed by atoms with Gasteiger partial charge in [0.1, 0.15) is 0 Å². The number of hydrogen-bond acceptors (Lipinski definition) is 4. The molecule has 1 rings (SSSR count). The number of nitrogens with zero attached hydrogens (tertiary/aromatic N) is 2. The highest BCUT2D eigenvalue weighted by Gasteiger charge is 2.01. The summed E-state index contributed by atoms with van der Waals surface area (Å²) in [5, 5.41) is 14.5. The smallest absolute Gasteiger partial charge is 0.238 e. The summed E-state index contributed by atoms with van der Waals surface area (Å²) >= 11 is 0. The second kappa shape index (κ2) is 8.25. The van der Waals surface area contributed by atoms with Gasteiger partial charge in [0, 0.05) is 5.69 Å². The maximum Gasteiger partial charge on any atom is 0.238 e. The maximum atomic E-state index is 11.6. The lowest BCUT2D eigenvalue weighted by Crippen LogP contribution is -2.30. The van der Waals surface area contributed by atoms with Crippen molar-refractivity contribution in [2.45, 2.75) is 6.42 Å². The highest BCUT2D eigenvalue weighted by molar-refractivity contribution is 5.92. The largest absolute Gasteiger partial charge is 0.325 e. The molecule has 5 heteroatoms. The summed E-state index contributed by atoms with van der Waals surface area (Å²) in [6.45, 7) is 2.12. The van der Waals surface area contributed by atoms with E-state index in [1.807, 2.05) is 20.2 Å². The number of amides is 1. The van der Waals surface area contributed by atoms with Crippen LogP contribution in [0, 0.1) is 11.3 Å². The van der Waals surface area contributed by atoms with Crippen molar-refractivity contribution >= 4 is 11.6 Å². The first-order valence-corrected chi connectivity index (χ1v) is 6.27. The van der Waals surface area contributed by atoms with E-state index in [-0.39, 0.29) is 5.91 Å². The molecule has 0 atom stereocenters. The lowest BCUT2D eigenvalue weighted by molar-refractivity contribution is -0.115. The molecule has 0 saturated carbocycles. The minimum absolute atomic E-state index is 0.0745. The van der Waals surface area contributed by atoms with E-state index in [9.17, 15) is 4.79 Å². The zero-order valence-corrected chi connectivity index (χ0v) is 11.4. The SMILES string of the molecule is CN(C)CCCNCC(=O)Nc1ccc(C#N)cc1. The molecule has 102 valence electrons. The lowest BCUT2D eigenvalue weighted by Gasteiger charge is -2.10. The number of carbonyl (C=O) groups excluding carboxylic acids is 1. The van der Waals surface area contributed by atoms with Crippen LogP contribution in [-0.2, 0) is 4.79 Å². The number of benzene rings is 1. The van der Waals surface area contributed by atoms with Crippen molar-refractivity contribution in [2.75, 3.05) is 39.0 Å². The lowest BCUT2D eigenvalue weighted by atomic mass is 10.2. The summed E-state index contributed by atoms with van der Waals surface area (Å²) in [7, 11) is 4.05. The third-order valence-corrected chi connectivity index (χ3v) is 2.54. The number of rotatable bonds is 7. The Hall–Kier alpha value is -1.90. The van der Waals surface area contributed by atoms with Gasteiger partial charge in [-0.15, -0.1) is 0 Å². The summed E-state index contributed by atoms with van der Waals surface area (Å²) < 4.78 is 0. The molecule has 1 aromatic rings. The van der Waals surface area contributed by atoms with Crippen LogP contribution in [0.4, 0.5) is 5.69 Å². The first-order valence-electron chi connectivity index (χ1n) is 6.27. The van der Waals surface area contributed by atoms with E-state index in [1.165, 1.54) is 0 Å². The molecule has 1 aromatic carbocycles. The van der Waals surface area contributed by atoms with Crippen molar-refractivity contribution in [3.63, 3.8) is 0 Å². The van der Waals surface area contributed by atoms with Crippen LogP contribution >= 0.6 is 0 Å². The van der Waals surface area contributed by atoms with Crippen LogP contribution in [0.5, 0.6) is 0 Å². The standard InChI is InChI=1S/C14H20N4O/c1-18(2)9-3-8-16-11-14(19)17-13-6-4-12(10-15)5-7-13/h4-7,16H,3,8-9,11H2,1-2H3,(H,17,19). The minimum atomic E-state index is -0.0745. The second-order valence-electron chi connectivity index (χ2n) is 4.57. The summed E-state index contributed by atoms with van der Waals surface area (Å²) in [4.78, 5) is 13.7. The van der Waals surface area contributed by atoms with Crippen LogP contribution in [0.2, 0.25) is 0 Å². The van der Waals surface area contributed by atoms with Gasteiger partial charge in [-0.25, -0.2) is 0 Å². The molecule has 0 aliphatic rings. The molecule has 0 unspecified atom stereocenters. The van der Waals surface area contributed by atoms with E-state index in [2.05, 4.69) is 15.5 Å². The monoisotopic (exact) mass is 260 g/mol. The first-order chi connectivity index (χ1) is 9.11. The Bertz CT molecular complexity index is 434. The Morgan fingerprint density at radius 3 is 2.58 bits per heavy atom. The Kier molecular flexibility index (Phi) is 6.58. The maximum absolute atomic E-state index is 11.6. The van der Waals surface area contributed by atoms with Crippen molar-refractivity contribution in [3.05, 3.63) is 29.8 Å². The number of hydrogen-bond donors (Lipinski definition) is 2. The fourth-order valence-corrected chi connectivity index (χ4v) is 1.56. The van der Waals surface area contributed by atoms with Crippen LogP contribution in [0.15, 0.2) is 24.3 Å². The molecule has 0 aliphatic carbocycles. The van der Waals surface area contributed by atoms with Crippen LogP contribution < -0.4 is 10.6 Å². The molecule has 19 heavy (non-hydrogen) atoms. The molecule has 1 amide bonds. The van der Waals surface area contributed by atoms with Gasteiger partial charge in [0.15, 0.2) is 0 Å². The van der Waals surface area contributed by atoms with E-state index in [0.29, 0.717) is 17.8 Å². The molecule has 0 aromatic heterocycles. The molecule has 0 fully saturated rings. The molecule has 5 nitrogen and oxygen atoms in total. The van der Waals surface area contributed by atoms with Gasteiger partial charge < -0.3 is 15.5 Å². The van der Waals surface area contributed by atoms with Gasteiger partial charge in [0.2, 0.25) is 5.91 Å². The van der Waals surface area contributed by atoms with E-state index in [1.54, 1.807) is 24.3 Å². The molecule has 0 aliphatic heterocycles. The molecular formula is C14H20N4O. The summed E-state index contributed by atoms with van der Waals surface area (Å²) in [5.74, 6) is -0.0745. The normalized spacial score (nSPS) is 10.2. The predicted octanol–water partition coefficient (Wildman–Crippen LogP) is 1.04. The van der Waals surface area contributed by atoms with Crippen LogP contribution in [-0.4, -0.2) is 44.5 Å². The second-order valence-corrected chi connectivity index (χ2v) is 4.57. The Morgan fingerprint density at radius 1 is 1.32 bits per heavy atom. The van der Waals surface area contributed by atoms with Crippen LogP contribution in [0.3, 0.4) is 0 Å². The van der Waals surface area contributed by atoms with Crippen molar-refractivity contribution < 1.29 is 4.79 Å². The molecule has 2 N–H and O–H groups in total. The van der Waals surface area contributed by atoms with Gasteiger partial charge in [-0.2, -0.15) is 5.26 Å². The highest BCUT2D eigenvalue weighted by Crippen LogP contribution is 2.08. The summed E-state index contributed by atoms with van der Waals surface area (Å²) in [6, 6.07) is 8.85. The van der Waals surface area contributed by atoms with Gasteiger partial charge in [-0.3, -0.25) is 4.79 Å². The van der Waals surface area contributed by atoms with E-state index >= 15 is 0 Å². The number of nitriles is 1. The molecular weight excluding hydrogens is 240 g/mol. The summed E-state index contributed by atoms with van der Waals surface area (Å²) in [6.07, 6.45) is 1.01. The van der Waals surface area contributed by atoms with E-state index in [4.69, 9.17) is 5.26 Å². The minimum Gasteiger partial charge on any atom is -0.325 e. The third kappa shape index (κ3) is 6.55. The van der Waals surface area contributed by atoms with Gasteiger partial charge in [0.25, 0.3) is 0 Å². The quantitative estimate of drug-likeness (QED) is 0.719. The zero-order chi connectivity index (χ0) is 14.1. The van der Waals surface area contributed by atoms with Gasteiger partial charge in [-0.05, 0) is 57.9 Å². The van der Waals surface area contributed by atoms with Gasteiger partial charge in [-0.1, -0.05) is 0 Å². The molecule has 0 heterocycles. The van der Waals surface area contributed by atoms with Crippen LogP contribution in [0.25, 0.3) is 0 Å².